The maximum Gasteiger partial charge on any atom is 0.255 e. The second-order valence-electron chi connectivity index (χ2n) is 8.26. The van der Waals surface area contributed by atoms with Gasteiger partial charge in [0.2, 0.25) is 5.91 Å². The minimum Gasteiger partial charge on any atom is -0.383 e. The predicted molar refractivity (Wildman–Crippen MR) is 128 cm³/mol. The van der Waals surface area contributed by atoms with Gasteiger partial charge in [0.05, 0.1) is 30.5 Å². The van der Waals surface area contributed by atoms with E-state index in [2.05, 4.69) is 33.8 Å². The number of likely N-dealkylation sites (tertiary alicyclic amines) is 1. The third-order valence-electron chi connectivity index (χ3n) is 6.04. The van der Waals surface area contributed by atoms with E-state index in [0.29, 0.717) is 42.0 Å². The van der Waals surface area contributed by atoms with Crippen LogP contribution >= 0.6 is 0 Å². The smallest absolute Gasteiger partial charge is 0.255 e. The lowest BCUT2D eigenvalue weighted by atomic mass is 10.1. The van der Waals surface area contributed by atoms with Gasteiger partial charge in [0.25, 0.3) is 5.91 Å². The van der Waals surface area contributed by atoms with Crippen molar-refractivity contribution in [3.63, 3.8) is 0 Å². The second-order valence-corrected chi connectivity index (χ2v) is 8.26. The zero-order chi connectivity index (χ0) is 25.3. The Labute approximate surface area is 201 Å². The first-order chi connectivity index (χ1) is 16.8. The molecule has 1 aromatic carbocycles. The largest absolute Gasteiger partial charge is 0.383 e. The minimum absolute atomic E-state index is 0.121. The van der Waals surface area contributed by atoms with E-state index < -0.39 is 11.7 Å². The first kappa shape index (κ1) is 24.0. The summed E-state index contributed by atoms with van der Waals surface area (Å²) in [6.45, 7) is 4.27. The predicted octanol–water partition coefficient (Wildman–Crippen LogP) is 1.42. The van der Waals surface area contributed by atoms with Crippen LogP contribution in [-0.4, -0.2) is 69.4 Å². The van der Waals surface area contributed by atoms with Crippen LogP contribution in [0.5, 0.6) is 0 Å². The number of nitrogens with zero attached hydrogens (tertiary/aromatic N) is 5. The van der Waals surface area contributed by atoms with Crippen molar-refractivity contribution in [2.75, 3.05) is 32.6 Å². The molecule has 0 spiro atoms. The summed E-state index contributed by atoms with van der Waals surface area (Å²) >= 11 is 0. The summed E-state index contributed by atoms with van der Waals surface area (Å²) in [4.78, 5) is 30.6. The number of methoxy groups -OCH3 is 1. The number of carbonyl (C=O) groups is 2. The molecule has 0 unspecified atom stereocenters. The van der Waals surface area contributed by atoms with E-state index >= 15 is 0 Å². The zero-order valence-electron chi connectivity index (χ0n) is 19.7. The monoisotopic (exact) mass is 479 g/mol. The molecule has 2 aromatic heterocycles. The van der Waals surface area contributed by atoms with Gasteiger partial charge in [-0.3, -0.25) is 9.59 Å². The van der Waals surface area contributed by atoms with Crippen LogP contribution in [0.25, 0.3) is 11.0 Å². The van der Waals surface area contributed by atoms with Gasteiger partial charge < -0.3 is 25.3 Å². The van der Waals surface area contributed by atoms with Gasteiger partial charge in [-0.1, -0.05) is 12.5 Å². The van der Waals surface area contributed by atoms with E-state index in [1.54, 1.807) is 41.4 Å². The van der Waals surface area contributed by atoms with Gasteiger partial charge in [0, 0.05) is 33.3 Å². The van der Waals surface area contributed by atoms with Crippen LogP contribution < -0.4 is 11.1 Å². The highest BCUT2D eigenvalue weighted by molar-refractivity contribution is 6.00. The van der Waals surface area contributed by atoms with Crippen molar-refractivity contribution in [2.24, 2.45) is 12.8 Å². The summed E-state index contributed by atoms with van der Waals surface area (Å²) < 4.78 is 23.1. The van der Waals surface area contributed by atoms with Crippen LogP contribution in [-0.2, 0) is 16.6 Å². The van der Waals surface area contributed by atoms with Crippen LogP contribution in [0.1, 0.15) is 34.1 Å². The lowest BCUT2D eigenvalue weighted by Crippen LogP contribution is -2.37. The molecule has 10 nitrogen and oxygen atoms in total. The van der Waals surface area contributed by atoms with Gasteiger partial charge in [-0.05, 0) is 30.6 Å². The highest BCUT2D eigenvalue weighted by atomic mass is 19.1. The maximum absolute atomic E-state index is 14.6. The number of aromatic nitrogens is 4. The molecule has 1 fully saturated rings. The van der Waals surface area contributed by atoms with Crippen molar-refractivity contribution in [2.45, 2.75) is 18.5 Å². The summed E-state index contributed by atoms with van der Waals surface area (Å²) in [6.07, 6.45) is 3.34. The van der Waals surface area contributed by atoms with E-state index in [0.717, 1.165) is 0 Å². The van der Waals surface area contributed by atoms with Crippen molar-refractivity contribution in [3.05, 3.63) is 53.8 Å². The number of ether oxygens (including phenoxy) is 1. The lowest BCUT2D eigenvalue weighted by Gasteiger charge is -2.22. The van der Waals surface area contributed by atoms with Gasteiger partial charge in [-0.15, -0.1) is 0 Å². The number of nitrogens with two attached hydrogens (primary N) is 1. The molecule has 3 N–H and O–H groups in total. The van der Waals surface area contributed by atoms with Crippen molar-refractivity contribution in [1.29, 1.82) is 0 Å². The van der Waals surface area contributed by atoms with Gasteiger partial charge in [0.15, 0.2) is 5.69 Å². The Kier molecular flexibility index (Phi) is 6.57. The summed E-state index contributed by atoms with van der Waals surface area (Å²) in [5, 5.41) is 7.55. The first-order valence-corrected chi connectivity index (χ1v) is 10.9. The highest BCUT2D eigenvalue weighted by Gasteiger charge is 2.37. The Morgan fingerprint density at radius 2 is 2.17 bits per heavy atom. The van der Waals surface area contributed by atoms with Crippen molar-refractivity contribution < 1.29 is 18.7 Å². The normalized spacial score (nSPS) is 17.3. The van der Waals surface area contributed by atoms with Crippen LogP contribution in [0.4, 0.5) is 10.2 Å². The second kappa shape index (κ2) is 9.60. The summed E-state index contributed by atoms with van der Waals surface area (Å²) in [5.41, 5.74) is 7.18. The fourth-order valence-corrected chi connectivity index (χ4v) is 4.51. The Morgan fingerprint density at radius 3 is 2.83 bits per heavy atom. The number of rotatable bonds is 6. The summed E-state index contributed by atoms with van der Waals surface area (Å²) in [5.74, 6) is 4.75. The summed E-state index contributed by atoms with van der Waals surface area (Å²) in [6, 6.07) is 2.54. The topological polar surface area (TPSA) is 120 Å². The lowest BCUT2D eigenvalue weighted by molar-refractivity contribution is -0.127. The number of halogens is 1. The standard InChI is InChI=1S/C24H26FN7O3/c1-5-20(33)31-11-15(10-16(31)12-35-4)32-24(27-2)21(23(26)34)18(29-32)7-6-14-8-17(25)22-19(9-14)28-13-30(22)3/h5,8-9,13,15-16,27H,1,10-12H2,2-4H3,(H2,26,34)/t15-,16+/m0/s1. The third kappa shape index (κ3) is 4.36. The molecule has 0 aliphatic carbocycles. The molecule has 182 valence electrons. The molecule has 0 radical (unpaired) electrons. The Hall–Kier alpha value is -4.17. The number of hydrogen-bond donors (Lipinski definition) is 2. The summed E-state index contributed by atoms with van der Waals surface area (Å²) in [7, 11) is 4.93. The molecule has 1 aliphatic heterocycles. The van der Waals surface area contributed by atoms with Gasteiger partial charge in [-0.2, -0.15) is 5.10 Å². The number of carbonyl (C=O) groups excluding carboxylic acids is 2. The SMILES string of the molecule is C=CC(=O)N1C[C@@H](n2nc(C#Cc3cc(F)c4c(c3)ncn4C)c(C(N)=O)c2NC)C[C@@H]1COC. The molecule has 11 heteroatoms. The molecule has 3 aromatic rings. The van der Waals surface area contributed by atoms with Gasteiger partial charge in [0.1, 0.15) is 22.7 Å². The molecule has 1 aliphatic rings. The van der Waals surface area contributed by atoms with E-state index in [9.17, 15) is 14.0 Å². The van der Waals surface area contributed by atoms with Crippen molar-refractivity contribution in [3.8, 4) is 11.8 Å². The molecule has 0 saturated carbocycles. The molecular weight excluding hydrogens is 453 g/mol. The van der Waals surface area contributed by atoms with Gasteiger partial charge in [-0.25, -0.2) is 14.1 Å². The molecule has 2 atom stereocenters. The molecule has 35 heavy (non-hydrogen) atoms. The quantitative estimate of drug-likeness (QED) is 0.408. The molecule has 0 bridgehead atoms. The fourth-order valence-electron chi connectivity index (χ4n) is 4.51. The zero-order valence-corrected chi connectivity index (χ0v) is 19.7. The number of fused-ring (bicyclic) bond motifs is 1. The van der Waals surface area contributed by atoms with Gasteiger partial charge >= 0.3 is 0 Å². The van der Waals surface area contributed by atoms with Crippen LogP contribution in [0.2, 0.25) is 0 Å². The fraction of sp³-hybridized carbons (Fsp3) is 0.333. The van der Waals surface area contributed by atoms with Crippen LogP contribution in [0, 0.1) is 17.7 Å². The molecule has 1 saturated heterocycles. The van der Waals surface area contributed by atoms with E-state index in [1.807, 2.05) is 0 Å². The average Bonchev–Trinajstić information content (AvgIpc) is 3.52. The Balaban J connectivity index is 1.74. The molecule has 2 amide bonds. The Morgan fingerprint density at radius 1 is 1.40 bits per heavy atom. The molecule has 4 rings (SSSR count). The maximum atomic E-state index is 14.6. The van der Waals surface area contributed by atoms with Crippen molar-refractivity contribution >= 4 is 28.7 Å². The van der Waals surface area contributed by atoms with E-state index in [-0.39, 0.29) is 29.2 Å². The number of amides is 2. The van der Waals surface area contributed by atoms with E-state index in [1.165, 1.54) is 18.5 Å². The number of aryl methyl sites for hydroxylation is 1. The average molecular weight is 480 g/mol. The number of anilines is 1. The number of hydrogen-bond acceptors (Lipinski definition) is 6. The third-order valence-corrected chi connectivity index (χ3v) is 6.04. The van der Waals surface area contributed by atoms with Crippen LogP contribution in [0.15, 0.2) is 31.1 Å². The van der Waals surface area contributed by atoms with E-state index in [4.69, 9.17) is 10.5 Å². The number of primary amides is 1. The number of imidazole rings is 1. The van der Waals surface area contributed by atoms with Crippen molar-refractivity contribution in [1.82, 2.24) is 24.2 Å². The first-order valence-electron chi connectivity index (χ1n) is 10.9. The number of benzene rings is 1. The Bertz CT molecular complexity index is 1380. The number of nitrogens with one attached hydrogen (secondary N) is 1. The molecule has 3 heterocycles. The molecular formula is C24H26FN7O3. The minimum atomic E-state index is -0.707. The highest BCUT2D eigenvalue weighted by Crippen LogP contribution is 2.32. The van der Waals surface area contributed by atoms with Crippen LogP contribution in [0.3, 0.4) is 0 Å².